The Balaban J connectivity index is 2.60. The predicted molar refractivity (Wildman–Crippen MR) is 74.3 cm³/mol. The van der Waals surface area contributed by atoms with Gasteiger partial charge in [-0.15, -0.1) is 0 Å². The van der Waals surface area contributed by atoms with Gasteiger partial charge in [0, 0.05) is 19.0 Å². The number of para-hydroxylation sites is 1. The van der Waals surface area contributed by atoms with Gasteiger partial charge in [-0.25, -0.2) is 0 Å². The lowest BCUT2D eigenvalue weighted by Gasteiger charge is -2.11. The highest BCUT2D eigenvalue weighted by molar-refractivity contribution is 5.98. The van der Waals surface area contributed by atoms with E-state index in [2.05, 4.69) is 26.1 Å². The molecule has 3 heteroatoms. The largest absolute Gasteiger partial charge is 0.493 e. The van der Waals surface area contributed by atoms with Crippen LogP contribution in [0.1, 0.15) is 44.0 Å². The van der Waals surface area contributed by atoms with Crippen LogP contribution in [0.15, 0.2) is 24.3 Å². The minimum absolute atomic E-state index is 0.134. The fourth-order valence-corrected chi connectivity index (χ4v) is 1.64. The highest BCUT2D eigenvalue weighted by Crippen LogP contribution is 2.19. The fraction of sp³-hybridized carbons (Fsp3) is 0.533. The third-order valence-electron chi connectivity index (χ3n) is 2.55. The third kappa shape index (κ3) is 4.88. The zero-order valence-corrected chi connectivity index (χ0v) is 11.5. The monoisotopic (exact) mass is 249 g/mol. The van der Waals surface area contributed by atoms with Crippen molar-refractivity contribution in [2.24, 2.45) is 0 Å². The molecular formula is C15H23NO2. The number of hydrogen-bond acceptors (Lipinski definition) is 3. The van der Waals surface area contributed by atoms with Crippen LogP contribution in [-0.2, 0) is 0 Å². The second-order valence-corrected chi connectivity index (χ2v) is 4.63. The third-order valence-corrected chi connectivity index (χ3v) is 2.55. The number of hydrogen-bond donors (Lipinski definition) is 1. The Bertz CT molecular complexity index is 375. The number of nitrogens with one attached hydrogen (secondary N) is 1. The first-order valence-electron chi connectivity index (χ1n) is 6.63. The van der Waals surface area contributed by atoms with Crippen molar-refractivity contribution < 1.29 is 9.53 Å². The Morgan fingerprint density at radius 2 is 2.06 bits per heavy atom. The molecule has 0 aliphatic rings. The molecule has 100 valence electrons. The molecule has 1 N–H and O–H groups in total. The number of Topliss-reactive ketones (excluding diaryl/α,β-unsaturated/α-hetero) is 1. The van der Waals surface area contributed by atoms with Crippen LogP contribution in [0.3, 0.4) is 0 Å². The second-order valence-electron chi connectivity index (χ2n) is 4.63. The van der Waals surface area contributed by atoms with Gasteiger partial charge >= 0.3 is 0 Å². The van der Waals surface area contributed by atoms with E-state index in [0.29, 0.717) is 36.9 Å². The molecule has 0 spiro atoms. The molecule has 0 aromatic heterocycles. The minimum Gasteiger partial charge on any atom is -0.493 e. The lowest BCUT2D eigenvalue weighted by atomic mass is 10.1. The van der Waals surface area contributed by atoms with Gasteiger partial charge in [0.25, 0.3) is 0 Å². The van der Waals surface area contributed by atoms with Crippen LogP contribution in [0.5, 0.6) is 5.75 Å². The maximum atomic E-state index is 12.1. The number of carbonyl (C=O) groups excluding carboxylic acids is 1. The summed E-state index contributed by atoms with van der Waals surface area (Å²) in [7, 11) is 0. The van der Waals surface area contributed by atoms with Crippen molar-refractivity contribution >= 4 is 5.78 Å². The fourth-order valence-electron chi connectivity index (χ4n) is 1.64. The summed E-state index contributed by atoms with van der Waals surface area (Å²) in [5.41, 5.74) is 0.691. The van der Waals surface area contributed by atoms with Gasteiger partial charge < -0.3 is 10.1 Å². The molecule has 0 unspecified atom stereocenters. The summed E-state index contributed by atoms with van der Waals surface area (Å²) in [6.45, 7) is 7.55. The minimum atomic E-state index is 0.134. The molecule has 0 bridgehead atoms. The average Bonchev–Trinajstić information content (AvgIpc) is 2.36. The van der Waals surface area contributed by atoms with Crippen LogP contribution in [0.2, 0.25) is 0 Å². The van der Waals surface area contributed by atoms with E-state index in [-0.39, 0.29) is 5.78 Å². The van der Waals surface area contributed by atoms with Crippen LogP contribution < -0.4 is 10.1 Å². The smallest absolute Gasteiger partial charge is 0.167 e. The number of ether oxygens (including phenoxy) is 1. The maximum absolute atomic E-state index is 12.1. The normalized spacial score (nSPS) is 10.7. The summed E-state index contributed by atoms with van der Waals surface area (Å²) in [4.78, 5) is 12.1. The van der Waals surface area contributed by atoms with Gasteiger partial charge in [0.05, 0.1) is 12.2 Å². The number of benzene rings is 1. The van der Waals surface area contributed by atoms with E-state index in [1.807, 2.05) is 24.3 Å². The molecule has 0 amide bonds. The Morgan fingerprint density at radius 1 is 1.33 bits per heavy atom. The molecule has 0 fully saturated rings. The van der Waals surface area contributed by atoms with E-state index in [1.165, 1.54) is 0 Å². The van der Waals surface area contributed by atoms with Crippen LogP contribution in [0.25, 0.3) is 0 Å². The first-order valence-corrected chi connectivity index (χ1v) is 6.63. The summed E-state index contributed by atoms with van der Waals surface area (Å²) >= 11 is 0. The molecule has 0 saturated carbocycles. The van der Waals surface area contributed by atoms with Crippen molar-refractivity contribution in [3.63, 3.8) is 0 Å². The van der Waals surface area contributed by atoms with Crippen LogP contribution in [0.4, 0.5) is 0 Å². The van der Waals surface area contributed by atoms with E-state index in [4.69, 9.17) is 4.74 Å². The molecule has 1 aromatic rings. The van der Waals surface area contributed by atoms with Gasteiger partial charge in [-0.05, 0) is 18.6 Å². The summed E-state index contributed by atoms with van der Waals surface area (Å²) < 4.78 is 5.59. The molecule has 18 heavy (non-hydrogen) atoms. The van der Waals surface area contributed by atoms with Crippen molar-refractivity contribution in [1.82, 2.24) is 5.32 Å². The summed E-state index contributed by atoms with van der Waals surface area (Å²) in [6, 6.07) is 7.88. The molecule has 1 aromatic carbocycles. The zero-order chi connectivity index (χ0) is 13.4. The van der Waals surface area contributed by atoms with Crippen molar-refractivity contribution in [2.45, 2.75) is 39.7 Å². The van der Waals surface area contributed by atoms with Crippen molar-refractivity contribution in [3.05, 3.63) is 29.8 Å². The van der Waals surface area contributed by atoms with E-state index in [0.717, 1.165) is 6.42 Å². The molecular weight excluding hydrogens is 226 g/mol. The molecule has 3 nitrogen and oxygen atoms in total. The maximum Gasteiger partial charge on any atom is 0.167 e. The van der Waals surface area contributed by atoms with Gasteiger partial charge in [0.2, 0.25) is 0 Å². The SMILES string of the molecule is CCCOc1ccccc1C(=O)CCNC(C)C. The van der Waals surface area contributed by atoms with E-state index >= 15 is 0 Å². The van der Waals surface area contributed by atoms with Crippen LogP contribution in [0, 0.1) is 0 Å². The number of ketones is 1. The molecule has 0 saturated heterocycles. The lowest BCUT2D eigenvalue weighted by molar-refractivity contribution is 0.0978. The number of rotatable bonds is 8. The highest BCUT2D eigenvalue weighted by Gasteiger charge is 2.11. The molecule has 0 heterocycles. The zero-order valence-electron chi connectivity index (χ0n) is 11.5. The molecule has 0 radical (unpaired) electrons. The van der Waals surface area contributed by atoms with Gasteiger partial charge in [0.1, 0.15) is 5.75 Å². The van der Waals surface area contributed by atoms with Gasteiger partial charge in [0.15, 0.2) is 5.78 Å². The first-order chi connectivity index (χ1) is 8.65. The van der Waals surface area contributed by atoms with E-state index < -0.39 is 0 Å². The van der Waals surface area contributed by atoms with Gasteiger partial charge in [-0.2, -0.15) is 0 Å². The van der Waals surface area contributed by atoms with Gasteiger partial charge in [-0.3, -0.25) is 4.79 Å². The van der Waals surface area contributed by atoms with Crippen molar-refractivity contribution in [2.75, 3.05) is 13.2 Å². The Hall–Kier alpha value is -1.35. The summed E-state index contributed by atoms with van der Waals surface area (Å²) in [5.74, 6) is 0.837. The van der Waals surface area contributed by atoms with Crippen LogP contribution in [-0.4, -0.2) is 25.0 Å². The topological polar surface area (TPSA) is 38.3 Å². The molecule has 1 rings (SSSR count). The second kappa shape index (κ2) is 7.88. The Morgan fingerprint density at radius 3 is 2.72 bits per heavy atom. The average molecular weight is 249 g/mol. The van der Waals surface area contributed by atoms with E-state index in [9.17, 15) is 4.79 Å². The summed E-state index contributed by atoms with van der Waals surface area (Å²) in [6.07, 6.45) is 1.45. The van der Waals surface area contributed by atoms with Crippen LogP contribution >= 0.6 is 0 Å². The van der Waals surface area contributed by atoms with Gasteiger partial charge in [-0.1, -0.05) is 32.9 Å². The van der Waals surface area contributed by atoms with Crippen molar-refractivity contribution in [1.29, 1.82) is 0 Å². The first kappa shape index (κ1) is 14.7. The standard InChI is InChI=1S/C15H23NO2/c1-4-11-18-15-8-6-5-7-13(15)14(17)9-10-16-12(2)3/h5-8,12,16H,4,9-11H2,1-3H3. The Labute approximate surface area is 110 Å². The molecule has 0 aliphatic carbocycles. The lowest BCUT2D eigenvalue weighted by Crippen LogP contribution is -2.25. The Kier molecular flexibility index (Phi) is 6.44. The molecule has 0 atom stereocenters. The van der Waals surface area contributed by atoms with E-state index in [1.54, 1.807) is 0 Å². The van der Waals surface area contributed by atoms with Crippen molar-refractivity contribution in [3.8, 4) is 5.75 Å². The number of carbonyl (C=O) groups is 1. The highest BCUT2D eigenvalue weighted by atomic mass is 16.5. The predicted octanol–water partition coefficient (Wildman–Crippen LogP) is 3.05. The summed E-state index contributed by atoms with van der Waals surface area (Å²) in [5, 5.41) is 3.25. The molecule has 0 aliphatic heterocycles. The quantitative estimate of drug-likeness (QED) is 0.720.